The van der Waals surface area contributed by atoms with Crippen LogP contribution in [0.2, 0.25) is 0 Å². The maximum atomic E-state index is 8.50. The van der Waals surface area contributed by atoms with E-state index in [0.717, 1.165) is 25.7 Å². The lowest BCUT2D eigenvalue weighted by Gasteiger charge is -2.29. The van der Waals surface area contributed by atoms with Gasteiger partial charge in [0.2, 0.25) is 0 Å². The number of hydrogen-bond acceptors (Lipinski definition) is 4. The van der Waals surface area contributed by atoms with E-state index in [2.05, 4.69) is 17.0 Å². The molecule has 1 saturated carbocycles. The van der Waals surface area contributed by atoms with E-state index < -0.39 is 0 Å². The third-order valence-corrected chi connectivity index (χ3v) is 5.81. The first-order valence-electron chi connectivity index (χ1n) is 10.2. The molecule has 0 aromatic heterocycles. The molecule has 3 nitrogen and oxygen atoms in total. The average molecular weight is 378 g/mol. The molecule has 0 bridgehead atoms. The molecule has 0 atom stereocenters. The maximum absolute atomic E-state index is 8.50. The van der Waals surface area contributed by atoms with Crippen LogP contribution in [0.1, 0.15) is 51.4 Å². The second kappa shape index (κ2) is 14.3. The molecule has 2 fully saturated rings. The Morgan fingerprint density at radius 1 is 1.00 bits per heavy atom. The van der Waals surface area contributed by atoms with Crippen molar-refractivity contribution in [3.8, 4) is 0 Å². The van der Waals surface area contributed by atoms with Gasteiger partial charge in [-0.3, -0.25) is 4.90 Å². The summed E-state index contributed by atoms with van der Waals surface area (Å²) in [4.78, 5) is 3.91. The minimum atomic E-state index is 0.228. The predicted octanol–water partition coefficient (Wildman–Crippen LogP) is 5.11. The molecule has 1 aromatic carbocycles. The van der Waals surface area contributed by atoms with E-state index in [4.69, 9.17) is 9.84 Å². The third kappa shape index (κ3) is 9.22. The van der Waals surface area contributed by atoms with Crippen LogP contribution in [0.3, 0.4) is 0 Å². The summed E-state index contributed by atoms with van der Waals surface area (Å²) in [5.41, 5.74) is 0. The topological polar surface area (TPSA) is 32.7 Å². The highest BCUT2D eigenvalue weighted by Gasteiger charge is 2.20. The zero-order chi connectivity index (χ0) is 18.3. The molecular formula is C22H35NO2S. The molecular weight excluding hydrogens is 342 g/mol. The summed E-state index contributed by atoms with van der Waals surface area (Å²) in [6, 6.07) is 11.0. The number of aliphatic hydroxyl groups excluding tert-OH is 1. The van der Waals surface area contributed by atoms with Crippen LogP contribution in [0.5, 0.6) is 0 Å². The summed E-state index contributed by atoms with van der Waals surface area (Å²) in [5.74, 6) is 0. The fourth-order valence-corrected chi connectivity index (χ4v) is 4.23. The molecule has 2 aliphatic rings. The molecule has 3 rings (SSSR count). The first-order valence-corrected chi connectivity index (χ1v) is 11.1. The fraction of sp³-hybridized carbons (Fsp3) is 0.636. The van der Waals surface area contributed by atoms with E-state index in [0.29, 0.717) is 0 Å². The Morgan fingerprint density at radius 2 is 1.77 bits per heavy atom. The van der Waals surface area contributed by atoms with Gasteiger partial charge in [0.25, 0.3) is 0 Å². The Morgan fingerprint density at radius 3 is 2.50 bits per heavy atom. The number of benzene rings is 1. The number of thioether (sulfide) groups is 1. The van der Waals surface area contributed by atoms with Gasteiger partial charge in [-0.2, -0.15) is 0 Å². The Labute approximate surface area is 163 Å². The van der Waals surface area contributed by atoms with Crippen molar-refractivity contribution >= 4 is 11.8 Å². The van der Waals surface area contributed by atoms with Crippen LogP contribution in [-0.4, -0.2) is 49.0 Å². The number of nitrogens with zero attached hydrogens (tertiary/aromatic N) is 1. The Hall–Kier alpha value is -0.810. The van der Waals surface area contributed by atoms with Gasteiger partial charge in [-0.05, 0) is 43.2 Å². The van der Waals surface area contributed by atoms with Crippen molar-refractivity contribution in [3.05, 3.63) is 41.8 Å². The summed E-state index contributed by atoms with van der Waals surface area (Å²) < 4.78 is 5.51. The molecule has 1 aromatic rings. The Bertz CT molecular complexity index is 446. The fourth-order valence-electron chi connectivity index (χ4n) is 3.52. The highest BCUT2D eigenvalue weighted by molar-refractivity contribution is 8.02. The zero-order valence-electron chi connectivity index (χ0n) is 16.0. The molecule has 0 radical (unpaired) electrons. The quantitative estimate of drug-likeness (QED) is 0.571. The molecule has 0 spiro atoms. The van der Waals surface area contributed by atoms with Crippen molar-refractivity contribution < 1.29 is 9.84 Å². The molecule has 0 unspecified atom stereocenters. The summed E-state index contributed by atoms with van der Waals surface area (Å²) in [7, 11) is 0. The molecule has 146 valence electrons. The van der Waals surface area contributed by atoms with E-state index in [1.807, 2.05) is 29.7 Å². The largest absolute Gasteiger partial charge is 0.396 e. The van der Waals surface area contributed by atoms with Crippen molar-refractivity contribution in [2.75, 3.05) is 32.9 Å². The first-order chi connectivity index (χ1) is 12.9. The third-order valence-electron chi connectivity index (χ3n) is 4.94. The smallest absolute Gasteiger partial charge is 0.0593 e. The van der Waals surface area contributed by atoms with E-state index in [1.165, 1.54) is 62.9 Å². The van der Waals surface area contributed by atoms with Gasteiger partial charge < -0.3 is 9.84 Å². The van der Waals surface area contributed by atoms with Gasteiger partial charge in [-0.25, -0.2) is 0 Å². The normalized spacial score (nSPS) is 20.2. The standard InChI is InChI=1S/C12H23NO.C10H12OS/c1-2-4-7-12(6-3-1)13-8-5-10-14-11-9-13;11-8-4-5-9-12-10-6-2-1-3-7-10/h12H,1-11H2;1-3,5-7,9,11H,4,8H2/b;9-5+. The van der Waals surface area contributed by atoms with Crippen LogP contribution in [0.4, 0.5) is 0 Å². The van der Waals surface area contributed by atoms with Crippen molar-refractivity contribution in [2.45, 2.75) is 62.3 Å². The molecule has 1 aliphatic heterocycles. The van der Waals surface area contributed by atoms with E-state index in [-0.39, 0.29) is 6.61 Å². The number of rotatable bonds is 5. The van der Waals surface area contributed by atoms with E-state index in [1.54, 1.807) is 11.8 Å². The van der Waals surface area contributed by atoms with Gasteiger partial charge in [-0.1, -0.05) is 61.7 Å². The lowest BCUT2D eigenvalue weighted by molar-refractivity contribution is 0.128. The molecule has 1 aliphatic carbocycles. The summed E-state index contributed by atoms with van der Waals surface area (Å²) in [6.07, 6.45) is 12.6. The van der Waals surface area contributed by atoms with Gasteiger partial charge >= 0.3 is 0 Å². The minimum Gasteiger partial charge on any atom is -0.396 e. The van der Waals surface area contributed by atoms with Gasteiger partial charge in [0.15, 0.2) is 0 Å². The van der Waals surface area contributed by atoms with Gasteiger partial charge in [0, 0.05) is 37.2 Å². The predicted molar refractivity (Wildman–Crippen MR) is 112 cm³/mol. The van der Waals surface area contributed by atoms with Crippen molar-refractivity contribution in [3.63, 3.8) is 0 Å². The number of hydrogen-bond donors (Lipinski definition) is 1. The summed E-state index contributed by atoms with van der Waals surface area (Å²) >= 11 is 1.67. The molecule has 1 N–H and O–H groups in total. The SMILES string of the molecule is C1CCCC(N2CCCOCC2)CC1.OCC/C=C/Sc1ccccc1. The van der Waals surface area contributed by atoms with Crippen LogP contribution < -0.4 is 0 Å². The lowest BCUT2D eigenvalue weighted by Crippen LogP contribution is -2.36. The van der Waals surface area contributed by atoms with Crippen LogP contribution in [0, 0.1) is 0 Å². The van der Waals surface area contributed by atoms with E-state index in [9.17, 15) is 0 Å². The summed E-state index contributed by atoms with van der Waals surface area (Å²) in [6.45, 7) is 4.60. The minimum absolute atomic E-state index is 0.228. The second-order valence-corrected chi connectivity index (χ2v) is 7.94. The maximum Gasteiger partial charge on any atom is 0.0593 e. The van der Waals surface area contributed by atoms with Crippen molar-refractivity contribution in [1.29, 1.82) is 0 Å². The van der Waals surface area contributed by atoms with Crippen LogP contribution in [-0.2, 0) is 4.74 Å². The van der Waals surface area contributed by atoms with Crippen LogP contribution in [0.25, 0.3) is 0 Å². The first kappa shape index (κ1) is 21.5. The van der Waals surface area contributed by atoms with Gasteiger partial charge in [0.1, 0.15) is 0 Å². The molecule has 26 heavy (non-hydrogen) atoms. The monoisotopic (exact) mass is 377 g/mol. The molecule has 1 saturated heterocycles. The van der Waals surface area contributed by atoms with Gasteiger partial charge in [-0.15, -0.1) is 0 Å². The zero-order valence-corrected chi connectivity index (χ0v) is 16.8. The molecule has 4 heteroatoms. The van der Waals surface area contributed by atoms with Crippen molar-refractivity contribution in [2.24, 2.45) is 0 Å². The van der Waals surface area contributed by atoms with Gasteiger partial charge in [0.05, 0.1) is 6.61 Å². The Kier molecular flexibility index (Phi) is 11.8. The number of ether oxygens (including phenoxy) is 1. The summed E-state index contributed by atoms with van der Waals surface area (Å²) in [5, 5.41) is 10.5. The average Bonchev–Trinajstić information content (AvgIpc) is 3.12. The highest BCUT2D eigenvalue weighted by atomic mass is 32.2. The van der Waals surface area contributed by atoms with Crippen LogP contribution >= 0.6 is 11.8 Å². The van der Waals surface area contributed by atoms with Crippen molar-refractivity contribution in [1.82, 2.24) is 4.90 Å². The Balaban J connectivity index is 0.000000190. The highest BCUT2D eigenvalue weighted by Crippen LogP contribution is 2.22. The van der Waals surface area contributed by atoms with E-state index >= 15 is 0 Å². The molecule has 1 heterocycles. The lowest BCUT2D eigenvalue weighted by atomic mass is 10.1. The van der Waals surface area contributed by atoms with Crippen LogP contribution in [0.15, 0.2) is 46.7 Å². The molecule has 0 amide bonds. The second-order valence-electron chi connectivity index (χ2n) is 6.96. The number of aliphatic hydroxyl groups is 1.